The Labute approximate surface area is 80.8 Å². The zero-order valence-corrected chi connectivity index (χ0v) is 8.37. The van der Waals surface area contributed by atoms with Crippen molar-refractivity contribution in [2.24, 2.45) is 17.6 Å². The van der Waals surface area contributed by atoms with Crippen molar-refractivity contribution in [1.29, 1.82) is 0 Å². The van der Waals surface area contributed by atoms with Crippen molar-refractivity contribution in [3.8, 4) is 0 Å². The molecule has 2 N–H and O–H groups in total. The van der Waals surface area contributed by atoms with Crippen LogP contribution in [0.3, 0.4) is 0 Å². The molecule has 2 aliphatic rings. The van der Waals surface area contributed by atoms with Gasteiger partial charge in [-0.25, -0.2) is 0 Å². The fourth-order valence-electron chi connectivity index (χ4n) is 2.92. The second kappa shape index (κ2) is 4.43. The summed E-state index contributed by atoms with van der Waals surface area (Å²) in [6, 6.07) is 0.483. The van der Waals surface area contributed by atoms with Gasteiger partial charge in [0.05, 0.1) is 0 Å². The SMILES string of the molecule is NC1CCCCC1C1CCOCC1. The van der Waals surface area contributed by atoms with E-state index in [0.717, 1.165) is 25.0 Å². The minimum Gasteiger partial charge on any atom is -0.381 e. The van der Waals surface area contributed by atoms with Crippen molar-refractivity contribution in [1.82, 2.24) is 0 Å². The molecule has 1 saturated heterocycles. The Kier molecular flexibility index (Phi) is 3.23. The molecule has 1 aliphatic heterocycles. The van der Waals surface area contributed by atoms with E-state index in [2.05, 4.69) is 0 Å². The van der Waals surface area contributed by atoms with Crippen molar-refractivity contribution in [3.05, 3.63) is 0 Å². The summed E-state index contributed by atoms with van der Waals surface area (Å²) in [5.74, 6) is 1.67. The molecule has 1 heterocycles. The maximum atomic E-state index is 6.17. The third-order valence-electron chi connectivity index (χ3n) is 3.75. The highest BCUT2D eigenvalue weighted by Crippen LogP contribution is 2.34. The van der Waals surface area contributed by atoms with Gasteiger partial charge < -0.3 is 10.5 Å². The normalized spacial score (nSPS) is 37.6. The van der Waals surface area contributed by atoms with Gasteiger partial charge in [0.2, 0.25) is 0 Å². The molecule has 0 aromatic carbocycles. The van der Waals surface area contributed by atoms with Crippen molar-refractivity contribution in [2.45, 2.75) is 44.6 Å². The molecule has 2 rings (SSSR count). The van der Waals surface area contributed by atoms with Crippen molar-refractivity contribution in [2.75, 3.05) is 13.2 Å². The first-order valence-corrected chi connectivity index (χ1v) is 5.71. The van der Waals surface area contributed by atoms with Crippen LogP contribution in [0, 0.1) is 11.8 Å². The molecule has 2 fully saturated rings. The Bertz CT molecular complexity index is 154. The van der Waals surface area contributed by atoms with Crippen LogP contribution in [0.2, 0.25) is 0 Å². The van der Waals surface area contributed by atoms with E-state index < -0.39 is 0 Å². The van der Waals surface area contributed by atoms with Gasteiger partial charge >= 0.3 is 0 Å². The van der Waals surface area contributed by atoms with Gasteiger partial charge in [0.1, 0.15) is 0 Å². The van der Waals surface area contributed by atoms with E-state index in [1.807, 2.05) is 0 Å². The molecular formula is C11H21NO. The molecule has 2 unspecified atom stereocenters. The van der Waals surface area contributed by atoms with Crippen LogP contribution < -0.4 is 5.73 Å². The van der Waals surface area contributed by atoms with Gasteiger partial charge in [-0.05, 0) is 37.5 Å². The largest absolute Gasteiger partial charge is 0.381 e. The first kappa shape index (κ1) is 9.47. The number of nitrogens with two attached hydrogens (primary N) is 1. The zero-order chi connectivity index (χ0) is 9.10. The maximum absolute atomic E-state index is 6.17. The predicted octanol–water partition coefficient (Wildman–Crippen LogP) is 1.93. The Morgan fingerprint density at radius 3 is 2.31 bits per heavy atom. The molecule has 0 amide bonds. The third-order valence-corrected chi connectivity index (χ3v) is 3.75. The molecule has 2 atom stereocenters. The van der Waals surface area contributed by atoms with Crippen LogP contribution in [-0.4, -0.2) is 19.3 Å². The van der Waals surface area contributed by atoms with Crippen LogP contribution in [0.15, 0.2) is 0 Å². The molecule has 0 radical (unpaired) electrons. The first-order valence-electron chi connectivity index (χ1n) is 5.71. The molecule has 0 aromatic rings. The number of hydrogen-bond donors (Lipinski definition) is 1. The lowest BCUT2D eigenvalue weighted by Gasteiger charge is -2.37. The summed E-state index contributed by atoms with van der Waals surface area (Å²) < 4.78 is 5.38. The van der Waals surface area contributed by atoms with Crippen molar-refractivity contribution < 1.29 is 4.74 Å². The average molecular weight is 183 g/mol. The third kappa shape index (κ3) is 2.23. The lowest BCUT2D eigenvalue weighted by atomic mass is 9.74. The first-order chi connectivity index (χ1) is 6.38. The fraction of sp³-hybridized carbons (Fsp3) is 1.00. The van der Waals surface area contributed by atoms with Crippen molar-refractivity contribution in [3.63, 3.8) is 0 Å². The molecular weight excluding hydrogens is 162 g/mol. The Hall–Kier alpha value is -0.0800. The summed E-state index contributed by atoms with van der Waals surface area (Å²) in [5.41, 5.74) is 6.17. The van der Waals surface area contributed by atoms with E-state index >= 15 is 0 Å². The highest BCUT2D eigenvalue weighted by Gasteiger charge is 2.30. The number of rotatable bonds is 1. The lowest BCUT2D eigenvalue weighted by molar-refractivity contribution is 0.0344. The van der Waals surface area contributed by atoms with Crippen LogP contribution in [0.5, 0.6) is 0 Å². The highest BCUT2D eigenvalue weighted by molar-refractivity contribution is 4.84. The predicted molar refractivity (Wildman–Crippen MR) is 53.5 cm³/mol. The monoisotopic (exact) mass is 183 g/mol. The van der Waals surface area contributed by atoms with Gasteiger partial charge in [-0.3, -0.25) is 0 Å². The molecule has 0 aromatic heterocycles. The molecule has 1 saturated carbocycles. The summed E-state index contributed by atoms with van der Waals surface area (Å²) in [4.78, 5) is 0. The van der Waals surface area contributed by atoms with Gasteiger partial charge in [-0.2, -0.15) is 0 Å². The van der Waals surface area contributed by atoms with Crippen LogP contribution >= 0.6 is 0 Å². The molecule has 2 heteroatoms. The maximum Gasteiger partial charge on any atom is 0.0468 e. The van der Waals surface area contributed by atoms with Crippen molar-refractivity contribution >= 4 is 0 Å². The summed E-state index contributed by atoms with van der Waals surface area (Å²) in [5, 5.41) is 0. The van der Waals surface area contributed by atoms with Gasteiger partial charge in [0.15, 0.2) is 0 Å². The topological polar surface area (TPSA) is 35.2 Å². The summed E-state index contributed by atoms with van der Waals surface area (Å²) in [7, 11) is 0. The Morgan fingerprint density at radius 2 is 1.62 bits per heavy atom. The molecule has 2 nitrogen and oxygen atoms in total. The minimum absolute atomic E-state index is 0.483. The van der Waals surface area contributed by atoms with E-state index in [1.54, 1.807) is 0 Å². The second-order valence-corrected chi connectivity index (χ2v) is 4.56. The molecule has 76 valence electrons. The van der Waals surface area contributed by atoms with Gasteiger partial charge in [-0.1, -0.05) is 12.8 Å². The van der Waals surface area contributed by atoms with Gasteiger partial charge in [0, 0.05) is 19.3 Å². The van der Waals surface area contributed by atoms with E-state index in [1.165, 1.54) is 38.5 Å². The number of hydrogen-bond acceptors (Lipinski definition) is 2. The fourth-order valence-corrected chi connectivity index (χ4v) is 2.92. The number of ether oxygens (including phenoxy) is 1. The van der Waals surface area contributed by atoms with Crippen LogP contribution in [0.4, 0.5) is 0 Å². The standard InChI is InChI=1S/C11H21NO/c12-11-4-2-1-3-10(11)9-5-7-13-8-6-9/h9-11H,1-8,12H2. The van der Waals surface area contributed by atoms with Crippen LogP contribution in [0.1, 0.15) is 38.5 Å². The quantitative estimate of drug-likeness (QED) is 0.674. The Balaban J connectivity index is 1.88. The summed E-state index contributed by atoms with van der Waals surface area (Å²) >= 11 is 0. The zero-order valence-electron chi connectivity index (χ0n) is 8.37. The van der Waals surface area contributed by atoms with E-state index in [9.17, 15) is 0 Å². The van der Waals surface area contributed by atoms with E-state index in [4.69, 9.17) is 10.5 Å². The summed E-state index contributed by atoms with van der Waals surface area (Å²) in [6.45, 7) is 1.93. The lowest BCUT2D eigenvalue weighted by Crippen LogP contribution is -2.39. The minimum atomic E-state index is 0.483. The molecule has 0 spiro atoms. The molecule has 0 bridgehead atoms. The van der Waals surface area contributed by atoms with Gasteiger partial charge in [-0.15, -0.1) is 0 Å². The van der Waals surface area contributed by atoms with Gasteiger partial charge in [0.25, 0.3) is 0 Å². The average Bonchev–Trinajstić information content (AvgIpc) is 2.20. The Morgan fingerprint density at radius 1 is 0.923 bits per heavy atom. The van der Waals surface area contributed by atoms with Crippen LogP contribution in [0.25, 0.3) is 0 Å². The molecule has 13 heavy (non-hydrogen) atoms. The highest BCUT2D eigenvalue weighted by atomic mass is 16.5. The summed E-state index contributed by atoms with van der Waals surface area (Å²) in [6.07, 6.45) is 7.86. The van der Waals surface area contributed by atoms with Crippen LogP contribution in [-0.2, 0) is 4.74 Å². The smallest absolute Gasteiger partial charge is 0.0468 e. The van der Waals surface area contributed by atoms with E-state index in [0.29, 0.717) is 6.04 Å². The van der Waals surface area contributed by atoms with E-state index in [-0.39, 0.29) is 0 Å². The second-order valence-electron chi connectivity index (χ2n) is 4.56. The molecule has 1 aliphatic carbocycles.